The number of carbonyl (C=O) groups is 4. The van der Waals surface area contributed by atoms with Gasteiger partial charge in [0, 0.05) is 95.0 Å². The molecule has 5 aromatic rings. The third-order valence-corrected chi connectivity index (χ3v) is 12.8. The van der Waals surface area contributed by atoms with Gasteiger partial charge in [-0.2, -0.15) is 0 Å². The van der Waals surface area contributed by atoms with Crippen LogP contribution in [0.25, 0.3) is 27.5 Å². The van der Waals surface area contributed by atoms with Gasteiger partial charge in [-0.25, -0.2) is 4.79 Å². The molecule has 16 nitrogen and oxygen atoms in total. The molecule has 7 heterocycles. The second-order valence-electron chi connectivity index (χ2n) is 16.4. The lowest BCUT2D eigenvalue weighted by atomic mass is 9.93. The second kappa shape index (κ2) is 16.3. The number of piperidine rings is 2. The highest BCUT2D eigenvalue weighted by Gasteiger charge is 2.32. The van der Waals surface area contributed by atoms with Crippen LogP contribution in [0.1, 0.15) is 67.0 Å². The number of amides is 4. The van der Waals surface area contributed by atoms with E-state index in [2.05, 4.69) is 54.7 Å². The van der Waals surface area contributed by atoms with Gasteiger partial charge in [0.2, 0.25) is 17.7 Å². The van der Waals surface area contributed by atoms with E-state index < -0.39 is 11.9 Å². The fraction of sp³-hybridized carbons (Fsp3) is 0.465. The molecule has 16 heteroatoms. The van der Waals surface area contributed by atoms with Gasteiger partial charge in [0.25, 0.3) is 5.91 Å². The van der Waals surface area contributed by atoms with Crippen molar-refractivity contribution in [1.29, 1.82) is 0 Å². The minimum Gasteiger partial charge on any atom is -0.369 e. The molecule has 1 unspecified atom stereocenters. The Hall–Kier alpha value is -6.03. The first kappa shape index (κ1) is 38.5. The molecule has 3 saturated heterocycles. The van der Waals surface area contributed by atoms with E-state index >= 15 is 0 Å². The van der Waals surface area contributed by atoms with Crippen molar-refractivity contribution in [3.05, 3.63) is 82.7 Å². The van der Waals surface area contributed by atoms with E-state index in [4.69, 9.17) is 0 Å². The molecule has 4 aliphatic heterocycles. The summed E-state index contributed by atoms with van der Waals surface area (Å²) in [7, 11) is 1.73. The van der Waals surface area contributed by atoms with Gasteiger partial charge >= 0.3 is 5.69 Å². The zero-order chi connectivity index (χ0) is 40.6. The lowest BCUT2D eigenvalue weighted by Crippen LogP contribution is -2.47. The average molecular weight is 802 g/mol. The second-order valence-corrected chi connectivity index (χ2v) is 16.4. The summed E-state index contributed by atoms with van der Waals surface area (Å²) >= 11 is 0. The van der Waals surface area contributed by atoms with Crippen molar-refractivity contribution in [1.82, 2.24) is 49.1 Å². The van der Waals surface area contributed by atoms with Crippen molar-refractivity contribution in [2.45, 2.75) is 57.5 Å². The van der Waals surface area contributed by atoms with E-state index in [-0.39, 0.29) is 29.8 Å². The molecular weight excluding hydrogens is 751 g/mol. The minimum atomic E-state index is -0.693. The molecule has 59 heavy (non-hydrogen) atoms. The van der Waals surface area contributed by atoms with E-state index in [1.807, 2.05) is 34.1 Å². The van der Waals surface area contributed by atoms with Gasteiger partial charge in [-0.05, 0) is 86.0 Å². The topological polar surface area (TPSA) is 167 Å². The molecule has 0 bridgehead atoms. The van der Waals surface area contributed by atoms with E-state index in [9.17, 15) is 24.0 Å². The highest BCUT2D eigenvalue weighted by molar-refractivity contribution is 6.00. The number of benzene rings is 2. The van der Waals surface area contributed by atoms with Crippen molar-refractivity contribution < 1.29 is 19.2 Å². The van der Waals surface area contributed by atoms with E-state index in [1.54, 1.807) is 28.7 Å². The summed E-state index contributed by atoms with van der Waals surface area (Å²) in [5.41, 5.74) is 5.98. The van der Waals surface area contributed by atoms with Crippen LogP contribution in [0.5, 0.6) is 0 Å². The van der Waals surface area contributed by atoms with Crippen molar-refractivity contribution >= 4 is 56.8 Å². The molecule has 9 rings (SSSR count). The lowest BCUT2D eigenvalue weighted by molar-refractivity contribution is -0.136. The number of anilines is 1. The van der Waals surface area contributed by atoms with Crippen molar-refractivity contribution in [3.8, 4) is 0 Å². The summed E-state index contributed by atoms with van der Waals surface area (Å²) in [6, 6.07) is 13.5. The number of hydrogen-bond donors (Lipinski definition) is 2. The number of aromatic nitrogens is 6. The summed E-state index contributed by atoms with van der Waals surface area (Å²) in [5, 5.41) is 11.1. The van der Waals surface area contributed by atoms with Crippen LogP contribution >= 0.6 is 0 Å². The van der Waals surface area contributed by atoms with E-state index in [0.717, 1.165) is 105 Å². The number of nitrogens with zero attached hydrogens (tertiary/aromatic N) is 9. The molecule has 0 saturated carbocycles. The Morgan fingerprint density at radius 1 is 0.864 bits per heavy atom. The van der Waals surface area contributed by atoms with Crippen LogP contribution in [0.15, 0.2) is 65.7 Å². The first-order chi connectivity index (χ1) is 28.7. The summed E-state index contributed by atoms with van der Waals surface area (Å²) in [6.45, 7) is 7.98. The summed E-state index contributed by atoms with van der Waals surface area (Å²) in [5.74, 6) is 0.00431. The highest BCUT2D eigenvalue weighted by atomic mass is 16.2. The quantitative estimate of drug-likeness (QED) is 0.202. The predicted octanol–water partition coefficient (Wildman–Crippen LogP) is 3.16. The van der Waals surface area contributed by atoms with Crippen molar-refractivity contribution in [2.24, 2.45) is 13.0 Å². The van der Waals surface area contributed by atoms with Crippen LogP contribution in [0, 0.1) is 5.92 Å². The van der Waals surface area contributed by atoms with Crippen LogP contribution in [0.4, 0.5) is 5.69 Å². The number of aryl methyl sites for hydroxylation is 2. The predicted molar refractivity (Wildman–Crippen MR) is 223 cm³/mol. The average Bonchev–Trinajstić information content (AvgIpc) is 4.01. The van der Waals surface area contributed by atoms with Gasteiger partial charge in [0.1, 0.15) is 11.7 Å². The Morgan fingerprint density at radius 2 is 1.69 bits per heavy atom. The van der Waals surface area contributed by atoms with Crippen molar-refractivity contribution in [3.63, 3.8) is 0 Å². The molecule has 0 spiro atoms. The van der Waals surface area contributed by atoms with Crippen LogP contribution in [0.2, 0.25) is 0 Å². The molecule has 1 atom stereocenters. The summed E-state index contributed by atoms with van der Waals surface area (Å²) in [4.78, 5) is 76.3. The third kappa shape index (κ3) is 7.92. The Kier molecular flexibility index (Phi) is 10.6. The zero-order valence-corrected chi connectivity index (χ0v) is 33.5. The number of imide groups is 1. The molecule has 308 valence electrons. The monoisotopic (exact) mass is 801 g/mol. The van der Waals surface area contributed by atoms with Crippen molar-refractivity contribution in [2.75, 3.05) is 63.8 Å². The normalized spacial score (nSPS) is 19.8. The number of rotatable bonds is 10. The minimum absolute atomic E-state index is 0.0455. The fourth-order valence-corrected chi connectivity index (χ4v) is 9.30. The van der Waals surface area contributed by atoms with Crippen LogP contribution in [0.3, 0.4) is 0 Å². The molecule has 3 fully saturated rings. The SMILES string of the molecule is Cn1c(=O)n(C2CCC(=O)NC2=O)c2ccc(N3CCN(CCC4CCN(C(=O)c5cc6ccc(C7=CCCN(C(=O)CCn8ccnn8)C7)cc6[nH]5)CC4)CC3)cc21. The van der Waals surface area contributed by atoms with E-state index in [1.165, 1.54) is 4.57 Å². The maximum atomic E-state index is 13.7. The Balaban J connectivity index is 0.737. The third-order valence-electron chi connectivity index (χ3n) is 12.8. The maximum absolute atomic E-state index is 13.7. The maximum Gasteiger partial charge on any atom is 0.329 e. The standard InChI is InChI=1S/C43H51N11O5/c1-48-38-27-33(6-7-36(38)54(43(48)59)37-8-9-39(55)46-41(37)57)50-23-21-49(22-24-50)16-10-29-11-17-51(18-12-29)42(58)35-26-31-5-4-30(25-34(31)45-35)32-3-2-15-52(28-32)40(56)13-19-53-20-14-44-47-53/h3-7,14,20,25-27,29,37,45H,2,8-13,15-19,21-24,28H2,1H3,(H,46,55,57). The number of aromatic amines is 1. The lowest BCUT2D eigenvalue weighted by Gasteiger charge is -2.37. The van der Waals surface area contributed by atoms with Crippen LogP contribution in [-0.4, -0.2) is 126 Å². The van der Waals surface area contributed by atoms with Gasteiger partial charge in [0.05, 0.1) is 23.8 Å². The molecule has 4 aliphatic rings. The molecule has 0 aliphatic carbocycles. The van der Waals surface area contributed by atoms with Gasteiger partial charge in [-0.3, -0.25) is 43.2 Å². The molecular formula is C43H51N11O5. The Labute approximate surface area is 341 Å². The highest BCUT2D eigenvalue weighted by Crippen LogP contribution is 2.29. The summed E-state index contributed by atoms with van der Waals surface area (Å²) < 4.78 is 4.79. The first-order valence-corrected chi connectivity index (χ1v) is 20.9. The first-order valence-electron chi connectivity index (χ1n) is 20.9. The number of H-pyrrole nitrogens is 1. The summed E-state index contributed by atoms with van der Waals surface area (Å²) in [6.07, 6.45) is 10.4. The van der Waals surface area contributed by atoms with Gasteiger partial charge in [0.15, 0.2) is 0 Å². The van der Waals surface area contributed by atoms with Gasteiger partial charge < -0.3 is 19.7 Å². The van der Waals surface area contributed by atoms with Crippen LogP contribution in [-0.2, 0) is 28.0 Å². The largest absolute Gasteiger partial charge is 0.369 e. The number of carbonyl (C=O) groups excluding carboxylic acids is 4. The molecule has 4 amide bonds. The zero-order valence-electron chi connectivity index (χ0n) is 33.5. The number of imidazole rings is 1. The van der Waals surface area contributed by atoms with E-state index in [0.29, 0.717) is 49.6 Å². The molecule has 0 radical (unpaired) electrons. The molecule has 2 N–H and O–H groups in total. The smallest absolute Gasteiger partial charge is 0.329 e. The fourth-order valence-electron chi connectivity index (χ4n) is 9.30. The molecule has 2 aromatic carbocycles. The Morgan fingerprint density at radius 3 is 2.47 bits per heavy atom. The Bertz CT molecular complexity index is 2480. The number of fused-ring (bicyclic) bond motifs is 2. The number of hydrogen-bond acceptors (Lipinski definition) is 9. The number of likely N-dealkylation sites (tertiary alicyclic amines) is 1. The van der Waals surface area contributed by atoms with Crippen LogP contribution < -0.4 is 15.9 Å². The molecule has 3 aromatic heterocycles. The van der Waals surface area contributed by atoms with Gasteiger partial charge in [-0.15, -0.1) is 5.10 Å². The number of piperazine rings is 1. The van der Waals surface area contributed by atoms with Gasteiger partial charge in [-0.1, -0.05) is 23.4 Å². The number of nitrogens with one attached hydrogen (secondary N) is 2.